The Balaban J connectivity index is 1.45. The molecule has 0 aliphatic heterocycles. The van der Waals surface area contributed by atoms with Crippen molar-refractivity contribution in [1.82, 2.24) is 15.6 Å². The highest BCUT2D eigenvalue weighted by molar-refractivity contribution is 7.99. The summed E-state index contributed by atoms with van der Waals surface area (Å²) < 4.78 is 53.8. The number of nitrogens with two attached hydrogens (primary N) is 1. The Labute approximate surface area is 356 Å². The highest BCUT2D eigenvalue weighted by atomic mass is 32.2. The number of thiazole rings is 1. The van der Waals surface area contributed by atoms with Gasteiger partial charge in [-0.3, -0.25) is 9.79 Å². The van der Waals surface area contributed by atoms with Crippen molar-refractivity contribution in [3.8, 4) is 0 Å². The molecular weight excluding hydrogens is 822 g/mol. The summed E-state index contributed by atoms with van der Waals surface area (Å²) in [4.78, 5) is 59.9. The van der Waals surface area contributed by atoms with Crippen LogP contribution in [0.1, 0.15) is 97.1 Å². The van der Waals surface area contributed by atoms with Gasteiger partial charge in [-0.1, -0.05) is 6.08 Å². The lowest BCUT2D eigenvalue weighted by Gasteiger charge is -2.21. The van der Waals surface area contributed by atoms with Crippen molar-refractivity contribution in [3.63, 3.8) is 0 Å². The van der Waals surface area contributed by atoms with Crippen molar-refractivity contribution in [3.05, 3.63) is 47.0 Å². The molecule has 0 atom stereocenters. The molecule has 0 radical (unpaired) electrons. The van der Waals surface area contributed by atoms with Crippen LogP contribution in [-0.2, 0) is 20.4 Å². The molecule has 328 valence electrons. The number of aliphatic imine (C=N–C) groups is 1. The first kappa shape index (κ1) is 47.8. The quantitative estimate of drug-likeness (QED) is 0.0599. The third kappa shape index (κ3) is 16.3. The molecule has 0 bridgehead atoms. The van der Waals surface area contributed by atoms with E-state index in [4.69, 9.17) is 25.2 Å². The number of anilines is 3. The number of nitrogens with zero attached hydrogens (tertiary/aromatic N) is 2. The van der Waals surface area contributed by atoms with Crippen LogP contribution in [-0.4, -0.2) is 78.0 Å². The number of ether oxygens (including phenoxy) is 2. The van der Waals surface area contributed by atoms with E-state index >= 15 is 0 Å². The lowest BCUT2D eigenvalue weighted by atomic mass is 9.98. The number of thioether (sulfide) groups is 1. The molecule has 0 saturated heterocycles. The van der Waals surface area contributed by atoms with Crippen molar-refractivity contribution < 1.29 is 41.8 Å². The van der Waals surface area contributed by atoms with Crippen LogP contribution in [0.4, 0.5) is 44.6 Å². The number of urea groups is 1. The fraction of sp³-hybridized carbons (Fsp3) is 0.512. The van der Waals surface area contributed by atoms with Crippen molar-refractivity contribution in [2.75, 3.05) is 47.9 Å². The van der Waals surface area contributed by atoms with Crippen molar-refractivity contribution in [2.45, 2.75) is 109 Å². The van der Waals surface area contributed by atoms with Crippen molar-refractivity contribution in [2.24, 2.45) is 10.7 Å². The number of hydrogen-bond acceptors (Lipinski definition) is 11. The molecule has 0 fully saturated rings. The van der Waals surface area contributed by atoms with Gasteiger partial charge in [0.15, 0.2) is 0 Å². The summed E-state index contributed by atoms with van der Waals surface area (Å²) in [7, 11) is 0. The molecule has 3 aromatic rings. The topological polar surface area (TPSA) is 198 Å². The number of hydrogen-bond donors (Lipinski definition) is 6. The van der Waals surface area contributed by atoms with Gasteiger partial charge in [-0.25, -0.2) is 19.4 Å². The van der Waals surface area contributed by atoms with Crippen LogP contribution in [0.15, 0.2) is 46.3 Å². The summed E-state index contributed by atoms with van der Waals surface area (Å²) in [6, 6.07) is 5.98. The Bertz CT molecular complexity index is 2060. The zero-order valence-electron chi connectivity index (χ0n) is 34.8. The van der Waals surface area contributed by atoms with Crippen LogP contribution in [0, 0.1) is 0 Å². The summed E-state index contributed by atoms with van der Waals surface area (Å²) in [5.41, 5.74) is 6.13. The van der Waals surface area contributed by atoms with Gasteiger partial charge >= 0.3 is 24.4 Å². The number of carbonyl (C=O) groups excluding carboxylic acids is 4. The Morgan fingerprint density at radius 3 is 2.15 bits per heavy atom. The maximum Gasteiger partial charge on any atom is 0.416 e. The Morgan fingerprint density at radius 2 is 1.53 bits per heavy atom. The van der Waals surface area contributed by atoms with Gasteiger partial charge in [0, 0.05) is 49.6 Å². The fourth-order valence-corrected chi connectivity index (χ4v) is 7.72. The van der Waals surface area contributed by atoms with Gasteiger partial charge in [-0.15, -0.1) is 23.1 Å². The second-order valence-corrected chi connectivity index (χ2v) is 18.0. The number of alkyl halides is 3. The summed E-state index contributed by atoms with van der Waals surface area (Å²) in [5, 5.41) is 14.0. The van der Waals surface area contributed by atoms with E-state index in [-0.39, 0.29) is 35.0 Å². The number of unbranched alkanes of at least 4 members (excludes halogenated alkanes) is 1. The van der Waals surface area contributed by atoms with Crippen molar-refractivity contribution >= 4 is 85.8 Å². The lowest BCUT2D eigenvalue weighted by molar-refractivity contribution is -0.137. The molecule has 4 rings (SSSR count). The molecule has 0 spiro atoms. The number of amides is 5. The maximum absolute atomic E-state index is 14.2. The van der Waals surface area contributed by atoms with Crippen LogP contribution in [0.25, 0.3) is 15.8 Å². The van der Waals surface area contributed by atoms with Gasteiger partial charge in [-0.2, -0.15) is 13.2 Å². The predicted octanol–water partition coefficient (Wildman–Crippen LogP) is 9.57. The number of fused-ring (bicyclic) bond motifs is 1. The van der Waals surface area contributed by atoms with Crippen LogP contribution in [0.3, 0.4) is 0 Å². The van der Waals surface area contributed by atoms with E-state index in [0.29, 0.717) is 51.0 Å². The number of halogens is 3. The number of rotatable bonds is 16. The molecule has 19 heteroatoms. The number of nitrogens with one attached hydrogen (secondary N) is 5. The Morgan fingerprint density at radius 1 is 0.867 bits per heavy atom. The molecule has 1 heterocycles. The normalized spacial score (nSPS) is 14.0. The van der Waals surface area contributed by atoms with E-state index in [1.165, 1.54) is 11.3 Å². The summed E-state index contributed by atoms with van der Waals surface area (Å²) >= 11 is 2.51. The lowest BCUT2D eigenvalue weighted by Crippen LogP contribution is -2.33. The van der Waals surface area contributed by atoms with E-state index in [1.807, 2.05) is 20.8 Å². The molecule has 0 unspecified atom stereocenters. The molecular formula is C41H55F3N8O6S2. The number of benzene rings is 2. The molecule has 7 N–H and O–H groups in total. The first-order valence-electron chi connectivity index (χ1n) is 19.7. The highest BCUT2D eigenvalue weighted by Crippen LogP contribution is 2.41. The zero-order chi connectivity index (χ0) is 44.1. The van der Waals surface area contributed by atoms with Gasteiger partial charge in [0.1, 0.15) is 16.2 Å². The molecule has 0 saturated carbocycles. The number of allylic oxidation sites excluding steroid dienone is 2. The molecule has 1 aliphatic rings. The Kier molecular flexibility index (Phi) is 17.2. The predicted molar refractivity (Wildman–Crippen MR) is 233 cm³/mol. The third-order valence-electron chi connectivity index (χ3n) is 8.34. The standard InChI is InChI=1S/C41H55F3N8O6S2/c1-39(2,3)57-37(55)47-19-9-18-46-27-13-11-25(12-14-27)35-51-29-16-15-28(24-32(29)60-35)49-36(54)52-31-23-26(41(42,43)44)22-30(50-33(53)10-7-8-17-45)34(31)59-21-20-48-38(56)58-40(4,5)6/h11,15-16,22-24H,7-10,12-14,17-21,45H2,1-6H3,(H,47,55)(H,48,56)(H,50,53)(H2,49,52,54). The van der Waals surface area contributed by atoms with Crippen LogP contribution in [0.2, 0.25) is 0 Å². The first-order chi connectivity index (χ1) is 28.2. The fourth-order valence-electron chi connectivity index (χ4n) is 5.70. The maximum atomic E-state index is 14.2. The van der Waals surface area contributed by atoms with E-state index in [1.54, 1.807) is 39.0 Å². The van der Waals surface area contributed by atoms with Gasteiger partial charge in [0.25, 0.3) is 0 Å². The van der Waals surface area contributed by atoms with Crippen LogP contribution >= 0.6 is 23.1 Å². The second kappa shape index (κ2) is 21.6. The molecule has 60 heavy (non-hydrogen) atoms. The van der Waals surface area contributed by atoms with Gasteiger partial charge in [-0.05, 0) is 116 Å². The minimum atomic E-state index is -4.80. The summed E-state index contributed by atoms with van der Waals surface area (Å²) in [5.74, 6) is -0.343. The largest absolute Gasteiger partial charge is 0.444 e. The smallest absolute Gasteiger partial charge is 0.416 e. The zero-order valence-corrected chi connectivity index (χ0v) is 36.5. The molecule has 2 aromatic carbocycles. The first-order valence-corrected chi connectivity index (χ1v) is 21.5. The Hall–Kier alpha value is -4.88. The van der Waals surface area contributed by atoms with Crippen LogP contribution in [0.5, 0.6) is 0 Å². The third-order valence-corrected chi connectivity index (χ3v) is 10.6. The molecule has 1 aromatic heterocycles. The monoisotopic (exact) mass is 876 g/mol. The molecule has 5 amide bonds. The minimum Gasteiger partial charge on any atom is -0.444 e. The van der Waals surface area contributed by atoms with Crippen LogP contribution < -0.4 is 32.3 Å². The summed E-state index contributed by atoms with van der Waals surface area (Å²) in [6.07, 6.45) is 0.150. The summed E-state index contributed by atoms with van der Waals surface area (Å²) in [6.45, 7) is 12.1. The minimum absolute atomic E-state index is 0.0351. The number of aromatic nitrogens is 1. The van der Waals surface area contributed by atoms with Gasteiger partial charge < -0.3 is 41.8 Å². The average molecular weight is 877 g/mol. The van der Waals surface area contributed by atoms with Gasteiger partial charge in [0.2, 0.25) is 5.91 Å². The van der Waals surface area contributed by atoms with E-state index in [2.05, 4.69) is 32.7 Å². The van der Waals surface area contributed by atoms with E-state index in [9.17, 15) is 32.3 Å². The molecule has 1 aliphatic carbocycles. The van der Waals surface area contributed by atoms with Gasteiger partial charge in [0.05, 0.1) is 32.1 Å². The van der Waals surface area contributed by atoms with E-state index < -0.39 is 47.1 Å². The molecule has 14 nitrogen and oxygen atoms in total. The second-order valence-electron chi connectivity index (χ2n) is 15.9. The van der Waals surface area contributed by atoms with E-state index in [0.717, 1.165) is 63.2 Å². The van der Waals surface area contributed by atoms with Crippen molar-refractivity contribution in [1.29, 1.82) is 0 Å². The SMILES string of the molecule is CC(C)(C)OC(=O)NCCCN=C1CC=C(c2nc3ccc(NC(=O)Nc4cc(C(F)(F)F)cc(NC(=O)CCCCN)c4SCCNC(=O)OC(C)(C)C)cc3s2)CC1. The highest BCUT2D eigenvalue weighted by Gasteiger charge is 2.33. The number of carbonyl (C=O) groups is 4. The average Bonchev–Trinajstić information content (AvgIpc) is 3.56. The number of alkyl carbamates (subject to hydrolysis) is 2.